The van der Waals surface area contributed by atoms with Crippen LogP contribution in [0.3, 0.4) is 0 Å². The number of benzene rings is 2. The van der Waals surface area contributed by atoms with Crippen LogP contribution in [-0.2, 0) is 0 Å². The van der Waals surface area contributed by atoms with Gasteiger partial charge >= 0.3 is 0 Å². The maximum absolute atomic E-state index is 6.23. The second-order valence-corrected chi connectivity index (χ2v) is 6.34. The van der Waals surface area contributed by atoms with Crippen molar-refractivity contribution in [2.24, 2.45) is 0 Å². The lowest BCUT2D eigenvalue weighted by molar-refractivity contribution is 0.495. The van der Waals surface area contributed by atoms with Gasteiger partial charge in [0.1, 0.15) is 0 Å². The molecule has 0 saturated carbocycles. The summed E-state index contributed by atoms with van der Waals surface area (Å²) in [6.45, 7) is 4.32. The summed E-state index contributed by atoms with van der Waals surface area (Å²) >= 11 is 8.55. The fourth-order valence-corrected chi connectivity index (χ4v) is 2.80. The molecule has 1 nitrogen and oxygen atoms in total. The first-order valence-electron chi connectivity index (χ1n) is 6.34. The molecule has 0 aromatic heterocycles. The van der Waals surface area contributed by atoms with Crippen LogP contribution >= 0.6 is 34.2 Å². The first-order chi connectivity index (χ1) is 9.08. The molecule has 0 bridgehead atoms. The lowest BCUT2D eigenvalue weighted by Gasteiger charge is -2.21. The van der Waals surface area contributed by atoms with Gasteiger partial charge in [-0.1, -0.05) is 41.9 Å². The summed E-state index contributed by atoms with van der Waals surface area (Å²) in [5.74, 6) is 0. The number of nitrogens with one attached hydrogen (secondary N) is 1. The highest BCUT2D eigenvalue weighted by molar-refractivity contribution is 14.1. The molecule has 0 radical (unpaired) electrons. The number of hydrogen-bond donors (Lipinski definition) is 1. The Kier molecular flexibility index (Phi) is 5.25. The largest absolute Gasteiger partial charge is 0.304 e. The van der Waals surface area contributed by atoms with Crippen LogP contribution in [0.5, 0.6) is 0 Å². The normalized spacial score (nSPS) is 14.1. The van der Waals surface area contributed by atoms with Crippen molar-refractivity contribution in [2.45, 2.75) is 25.9 Å². The maximum Gasteiger partial charge on any atom is 0.0453 e. The van der Waals surface area contributed by atoms with E-state index < -0.39 is 0 Å². The third-order valence-electron chi connectivity index (χ3n) is 3.24. The van der Waals surface area contributed by atoms with Crippen molar-refractivity contribution in [2.75, 3.05) is 0 Å². The van der Waals surface area contributed by atoms with Crippen LogP contribution in [-0.4, -0.2) is 0 Å². The van der Waals surface area contributed by atoms with Crippen LogP contribution in [0, 0.1) is 3.57 Å². The summed E-state index contributed by atoms with van der Waals surface area (Å²) in [4.78, 5) is 0. The molecule has 2 aromatic rings. The van der Waals surface area contributed by atoms with E-state index in [0.717, 1.165) is 10.6 Å². The van der Waals surface area contributed by atoms with E-state index in [9.17, 15) is 0 Å². The molecule has 0 spiro atoms. The Balaban J connectivity index is 2.08. The molecule has 2 atom stereocenters. The summed E-state index contributed by atoms with van der Waals surface area (Å²) < 4.78 is 1.26. The predicted molar refractivity (Wildman–Crippen MR) is 90.6 cm³/mol. The molecular formula is C16H17ClIN. The molecule has 0 amide bonds. The van der Waals surface area contributed by atoms with Gasteiger partial charge in [-0.3, -0.25) is 0 Å². The third-order valence-corrected chi connectivity index (χ3v) is 4.31. The third kappa shape index (κ3) is 3.94. The van der Waals surface area contributed by atoms with E-state index in [2.05, 4.69) is 72.1 Å². The highest BCUT2D eigenvalue weighted by Gasteiger charge is 2.13. The van der Waals surface area contributed by atoms with Crippen molar-refractivity contribution < 1.29 is 0 Å². The van der Waals surface area contributed by atoms with Gasteiger partial charge in [0.25, 0.3) is 0 Å². The number of rotatable bonds is 4. The molecule has 0 heterocycles. The Bertz CT molecular complexity index is 539. The van der Waals surface area contributed by atoms with E-state index in [4.69, 9.17) is 11.6 Å². The van der Waals surface area contributed by atoms with E-state index in [1.54, 1.807) is 0 Å². The monoisotopic (exact) mass is 385 g/mol. The quantitative estimate of drug-likeness (QED) is 0.699. The molecule has 0 fully saturated rings. The maximum atomic E-state index is 6.23. The summed E-state index contributed by atoms with van der Waals surface area (Å²) in [5.41, 5.74) is 2.43. The second-order valence-electron chi connectivity index (χ2n) is 4.68. The van der Waals surface area contributed by atoms with Gasteiger partial charge in [-0.2, -0.15) is 0 Å². The van der Waals surface area contributed by atoms with E-state index in [1.807, 2.05) is 18.2 Å². The van der Waals surface area contributed by atoms with E-state index in [0.29, 0.717) is 6.04 Å². The number of halogens is 2. The molecule has 1 N–H and O–H groups in total. The molecule has 0 aliphatic heterocycles. The van der Waals surface area contributed by atoms with Crippen molar-refractivity contribution in [1.29, 1.82) is 0 Å². The number of hydrogen-bond acceptors (Lipinski definition) is 1. The van der Waals surface area contributed by atoms with Gasteiger partial charge in [0, 0.05) is 20.7 Å². The Morgan fingerprint density at radius 1 is 0.947 bits per heavy atom. The highest BCUT2D eigenvalue weighted by Crippen LogP contribution is 2.25. The first-order valence-corrected chi connectivity index (χ1v) is 7.79. The van der Waals surface area contributed by atoms with Gasteiger partial charge in [0.05, 0.1) is 0 Å². The molecular weight excluding hydrogens is 369 g/mol. The minimum atomic E-state index is 0.225. The topological polar surface area (TPSA) is 12.0 Å². The van der Waals surface area contributed by atoms with Gasteiger partial charge < -0.3 is 5.32 Å². The fraction of sp³-hybridized carbons (Fsp3) is 0.250. The average Bonchev–Trinajstić information content (AvgIpc) is 2.39. The Labute approximate surface area is 133 Å². The standard InChI is InChI=1S/C16H17ClIN/c1-11(13-7-9-14(18)10-8-13)19-12(2)15-5-3-4-6-16(15)17/h3-12,19H,1-2H3/t11?,12-/m1/s1. The minimum absolute atomic E-state index is 0.225. The second kappa shape index (κ2) is 6.73. The Morgan fingerprint density at radius 2 is 1.58 bits per heavy atom. The SMILES string of the molecule is CC(N[C@H](C)c1ccccc1Cl)c1ccc(I)cc1. The highest BCUT2D eigenvalue weighted by atomic mass is 127. The van der Waals surface area contributed by atoms with Gasteiger partial charge in [-0.15, -0.1) is 0 Å². The molecule has 100 valence electrons. The van der Waals surface area contributed by atoms with Crippen molar-refractivity contribution in [3.05, 3.63) is 68.3 Å². The van der Waals surface area contributed by atoms with Crippen molar-refractivity contribution in [3.63, 3.8) is 0 Å². The van der Waals surface area contributed by atoms with Crippen molar-refractivity contribution >= 4 is 34.2 Å². The molecule has 2 aromatic carbocycles. The molecule has 0 aliphatic carbocycles. The molecule has 3 heteroatoms. The average molecular weight is 386 g/mol. The molecule has 1 unspecified atom stereocenters. The fourth-order valence-electron chi connectivity index (χ4n) is 2.14. The van der Waals surface area contributed by atoms with E-state index in [1.165, 1.54) is 9.13 Å². The molecule has 19 heavy (non-hydrogen) atoms. The molecule has 0 saturated heterocycles. The molecule has 0 aliphatic rings. The summed E-state index contributed by atoms with van der Waals surface area (Å²) in [7, 11) is 0. The van der Waals surface area contributed by atoms with Gasteiger partial charge in [0.15, 0.2) is 0 Å². The zero-order valence-electron chi connectivity index (χ0n) is 11.0. The van der Waals surface area contributed by atoms with Gasteiger partial charge in [0.2, 0.25) is 0 Å². The van der Waals surface area contributed by atoms with Crippen LogP contribution in [0.1, 0.15) is 37.1 Å². The first kappa shape index (κ1) is 14.8. The van der Waals surface area contributed by atoms with Crippen LogP contribution in [0.15, 0.2) is 48.5 Å². The van der Waals surface area contributed by atoms with Gasteiger partial charge in [-0.25, -0.2) is 0 Å². The zero-order chi connectivity index (χ0) is 13.8. The lowest BCUT2D eigenvalue weighted by Crippen LogP contribution is -2.22. The lowest BCUT2D eigenvalue weighted by atomic mass is 10.0. The summed E-state index contributed by atoms with van der Waals surface area (Å²) in [6.07, 6.45) is 0. The predicted octanol–water partition coefficient (Wildman–Crippen LogP) is 5.36. The van der Waals surface area contributed by atoms with Crippen LogP contribution in [0.4, 0.5) is 0 Å². The minimum Gasteiger partial charge on any atom is -0.304 e. The summed E-state index contributed by atoms with van der Waals surface area (Å²) in [6, 6.07) is 17.1. The van der Waals surface area contributed by atoms with E-state index in [-0.39, 0.29) is 6.04 Å². The summed E-state index contributed by atoms with van der Waals surface area (Å²) in [5, 5.41) is 4.40. The van der Waals surface area contributed by atoms with Crippen molar-refractivity contribution in [3.8, 4) is 0 Å². The van der Waals surface area contributed by atoms with Crippen LogP contribution < -0.4 is 5.32 Å². The van der Waals surface area contributed by atoms with Crippen LogP contribution in [0.2, 0.25) is 5.02 Å². The Hall–Kier alpha value is -0.580. The zero-order valence-corrected chi connectivity index (χ0v) is 13.9. The van der Waals surface area contributed by atoms with Gasteiger partial charge in [-0.05, 0) is 65.8 Å². The molecule has 2 rings (SSSR count). The van der Waals surface area contributed by atoms with E-state index >= 15 is 0 Å². The van der Waals surface area contributed by atoms with Crippen LogP contribution in [0.25, 0.3) is 0 Å². The smallest absolute Gasteiger partial charge is 0.0453 e. The Morgan fingerprint density at radius 3 is 2.21 bits per heavy atom. The van der Waals surface area contributed by atoms with Crippen molar-refractivity contribution in [1.82, 2.24) is 5.32 Å².